The van der Waals surface area contributed by atoms with E-state index in [1.54, 1.807) is 0 Å². The van der Waals surface area contributed by atoms with E-state index in [9.17, 15) is 18.0 Å². The number of likely N-dealkylation sites (tertiary alicyclic amines) is 1. The van der Waals surface area contributed by atoms with Crippen LogP contribution in [0.2, 0.25) is 0 Å². The molecule has 0 saturated carbocycles. The zero-order chi connectivity index (χ0) is 14.0. The number of nitrogens with zero attached hydrogens (tertiary/aromatic N) is 1. The predicted octanol–water partition coefficient (Wildman–Crippen LogP) is 0.419. The maximum Gasteiger partial charge on any atom is 0.326 e. The maximum atomic E-state index is 12.4. The molecule has 2 saturated heterocycles. The smallest absolute Gasteiger partial charge is 0.326 e. The first-order valence-electron chi connectivity index (χ1n) is 6.68. The van der Waals surface area contributed by atoms with Crippen LogP contribution in [0.4, 0.5) is 0 Å². The second kappa shape index (κ2) is 5.48. The molecule has 0 aromatic carbocycles. The van der Waals surface area contributed by atoms with Crippen molar-refractivity contribution in [1.29, 1.82) is 0 Å². The zero-order valence-corrected chi connectivity index (χ0v) is 11.6. The standard InChI is InChI=1S/C12H19NO5S/c14-11(10-6-2-4-8-19(10,17)18)13-7-3-1-5-9(13)12(15)16/h9-10H,1-8H2,(H,15,16). The number of amides is 1. The van der Waals surface area contributed by atoms with E-state index in [0.717, 1.165) is 12.8 Å². The zero-order valence-electron chi connectivity index (χ0n) is 10.7. The van der Waals surface area contributed by atoms with Crippen LogP contribution in [0.1, 0.15) is 38.5 Å². The molecular weight excluding hydrogens is 270 g/mol. The van der Waals surface area contributed by atoms with Crippen LogP contribution < -0.4 is 0 Å². The summed E-state index contributed by atoms with van der Waals surface area (Å²) in [5.41, 5.74) is 0. The molecular formula is C12H19NO5S. The monoisotopic (exact) mass is 289 g/mol. The second-order valence-electron chi connectivity index (χ2n) is 5.23. The Morgan fingerprint density at radius 3 is 2.37 bits per heavy atom. The third-order valence-corrected chi connectivity index (χ3v) is 6.09. The number of carbonyl (C=O) groups is 2. The van der Waals surface area contributed by atoms with Crippen molar-refractivity contribution in [2.24, 2.45) is 0 Å². The van der Waals surface area contributed by atoms with Gasteiger partial charge in [0.15, 0.2) is 9.84 Å². The molecule has 108 valence electrons. The molecule has 1 N–H and O–H groups in total. The highest BCUT2D eigenvalue weighted by Gasteiger charge is 2.41. The Labute approximate surface area is 112 Å². The number of rotatable bonds is 2. The topological polar surface area (TPSA) is 91.8 Å². The molecule has 0 aliphatic carbocycles. The fraction of sp³-hybridized carbons (Fsp3) is 0.833. The van der Waals surface area contributed by atoms with E-state index >= 15 is 0 Å². The lowest BCUT2D eigenvalue weighted by atomic mass is 10.0. The lowest BCUT2D eigenvalue weighted by molar-refractivity contribution is -0.152. The minimum Gasteiger partial charge on any atom is -0.480 e. The van der Waals surface area contributed by atoms with E-state index in [0.29, 0.717) is 32.2 Å². The molecule has 2 unspecified atom stereocenters. The highest BCUT2D eigenvalue weighted by molar-refractivity contribution is 7.92. The SMILES string of the molecule is O=C(O)C1CCCCN1C(=O)C1CCCCS1(=O)=O. The fourth-order valence-electron chi connectivity index (χ4n) is 2.87. The molecule has 19 heavy (non-hydrogen) atoms. The third-order valence-electron chi connectivity index (χ3n) is 3.93. The fourth-order valence-corrected chi connectivity index (χ4v) is 4.73. The molecule has 1 amide bonds. The largest absolute Gasteiger partial charge is 0.480 e. The second-order valence-corrected chi connectivity index (χ2v) is 7.54. The molecule has 0 bridgehead atoms. The van der Waals surface area contributed by atoms with Gasteiger partial charge in [0.2, 0.25) is 5.91 Å². The summed E-state index contributed by atoms with van der Waals surface area (Å²) in [6.07, 6.45) is 3.54. The molecule has 2 aliphatic rings. The van der Waals surface area contributed by atoms with E-state index in [1.807, 2.05) is 0 Å². The van der Waals surface area contributed by atoms with E-state index in [-0.39, 0.29) is 5.75 Å². The highest BCUT2D eigenvalue weighted by atomic mass is 32.2. The summed E-state index contributed by atoms with van der Waals surface area (Å²) >= 11 is 0. The average Bonchev–Trinajstić information content (AvgIpc) is 2.37. The molecule has 2 fully saturated rings. The van der Waals surface area contributed by atoms with Gasteiger partial charge in [-0.2, -0.15) is 0 Å². The quantitative estimate of drug-likeness (QED) is 0.795. The van der Waals surface area contributed by atoms with Crippen LogP contribution in [0, 0.1) is 0 Å². The molecule has 0 spiro atoms. The summed E-state index contributed by atoms with van der Waals surface area (Å²) in [7, 11) is -3.41. The van der Waals surface area contributed by atoms with Crippen molar-refractivity contribution >= 4 is 21.7 Å². The number of hydrogen-bond acceptors (Lipinski definition) is 4. The van der Waals surface area contributed by atoms with Crippen molar-refractivity contribution in [2.45, 2.75) is 49.8 Å². The Bertz CT molecular complexity index is 473. The van der Waals surface area contributed by atoms with Crippen molar-refractivity contribution in [3.05, 3.63) is 0 Å². The lowest BCUT2D eigenvalue weighted by Gasteiger charge is -2.36. The van der Waals surface area contributed by atoms with Gasteiger partial charge in [0.1, 0.15) is 11.3 Å². The molecule has 6 nitrogen and oxygen atoms in total. The Balaban J connectivity index is 2.19. The average molecular weight is 289 g/mol. The minimum atomic E-state index is -3.41. The van der Waals surface area contributed by atoms with Gasteiger partial charge in [-0.15, -0.1) is 0 Å². The molecule has 0 aromatic heterocycles. The Hall–Kier alpha value is -1.11. The van der Waals surface area contributed by atoms with Crippen molar-refractivity contribution in [2.75, 3.05) is 12.3 Å². The van der Waals surface area contributed by atoms with Crippen molar-refractivity contribution in [1.82, 2.24) is 4.90 Å². The van der Waals surface area contributed by atoms with Gasteiger partial charge < -0.3 is 10.0 Å². The van der Waals surface area contributed by atoms with Crippen molar-refractivity contribution in [3.8, 4) is 0 Å². The van der Waals surface area contributed by atoms with Crippen molar-refractivity contribution in [3.63, 3.8) is 0 Å². The normalized spacial score (nSPS) is 30.8. The van der Waals surface area contributed by atoms with Crippen LogP contribution in [0.3, 0.4) is 0 Å². The number of carboxylic acids is 1. The molecule has 2 aliphatic heterocycles. The molecule has 0 radical (unpaired) electrons. The minimum absolute atomic E-state index is 0.0367. The first kappa shape index (κ1) is 14.3. The highest BCUT2D eigenvalue weighted by Crippen LogP contribution is 2.25. The first-order chi connectivity index (χ1) is 8.93. The summed E-state index contributed by atoms with van der Waals surface area (Å²) in [5, 5.41) is 8.12. The number of sulfone groups is 1. The van der Waals surface area contributed by atoms with Crippen LogP contribution >= 0.6 is 0 Å². The first-order valence-corrected chi connectivity index (χ1v) is 8.40. The van der Waals surface area contributed by atoms with Gasteiger partial charge in [-0.25, -0.2) is 13.2 Å². The molecule has 2 heterocycles. The predicted molar refractivity (Wildman–Crippen MR) is 68.4 cm³/mol. The maximum absolute atomic E-state index is 12.4. The van der Waals surface area contributed by atoms with Gasteiger partial charge in [-0.05, 0) is 32.1 Å². The number of piperidine rings is 1. The van der Waals surface area contributed by atoms with Gasteiger partial charge in [-0.3, -0.25) is 4.79 Å². The lowest BCUT2D eigenvalue weighted by Crippen LogP contribution is -2.53. The van der Waals surface area contributed by atoms with Crippen LogP contribution in [0.25, 0.3) is 0 Å². The Morgan fingerprint density at radius 1 is 1.05 bits per heavy atom. The van der Waals surface area contributed by atoms with Crippen LogP contribution in [0.5, 0.6) is 0 Å². The Kier molecular flexibility index (Phi) is 4.13. The number of carboxylic acid groups (broad SMARTS) is 1. The van der Waals surface area contributed by atoms with Crippen LogP contribution in [-0.2, 0) is 19.4 Å². The van der Waals surface area contributed by atoms with E-state index in [1.165, 1.54) is 4.90 Å². The Morgan fingerprint density at radius 2 is 1.74 bits per heavy atom. The molecule has 2 atom stereocenters. The van der Waals surface area contributed by atoms with E-state index in [4.69, 9.17) is 5.11 Å². The van der Waals surface area contributed by atoms with Gasteiger partial charge in [0.25, 0.3) is 0 Å². The van der Waals surface area contributed by atoms with Gasteiger partial charge >= 0.3 is 5.97 Å². The van der Waals surface area contributed by atoms with E-state index in [2.05, 4.69) is 0 Å². The number of hydrogen-bond donors (Lipinski definition) is 1. The summed E-state index contributed by atoms with van der Waals surface area (Å²) in [4.78, 5) is 24.8. The van der Waals surface area contributed by atoms with Crippen LogP contribution in [0.15, 0.2) is 0 Å². The summed E-state index contributed by atoms with van der Waals surface area (Å²) in [6, 6.07) is -0.863. The van der Waals surface area contributed by atoms with Crippen LogP contribution in [-0.4, -0.2) is 53.9 Å². The van der Waals surface area contributed by atoms with E-state index < -0.39 is 33.0 Å². The molecule has 7 heteroatoms. The molecule has 2 rings (SSSR count). The van der Waals surface area contributed by atoms with Gasteiger partial charge in [0.05, 0.1) is 5.75 Å². The van der Waals surface area contributed by atoms with Gasteiger partial charge in [-0.1, -0.05) is 6.42 Å². The summed E-state index contributed by atoms with van der Waals surface area (Å²) < 4.78 is 23.9. The number of carbonyl (C=O) groups excluding carboxylic acids is 1. The summed E-state index contributed by atoms with van der Waals surface area (Å²) in [5.74, 6) is -1.51. The van der Waals surface area contributed by atoms with Crippen molar-refractivity contribution < 1.29 is 23.1 Å². The number of aliphatic carboxylic acids is 1. The van der Waals surface area contributed by atoms with Gasteiger partial charge in [0, 0.05) is 6.54 Å². The third kappa shape index (κ3) is 2.91. The molecule has 0 aromatic rings. The summed E-state index contributed by atoms with van der Waals surface area (Å²) in [6.45, 7) is 0.349.